The Morgan fingerprint density at radius 2 is 1.71 bits per heavy atom. The number of hydrogen-bond acceptors (Lipinski definition) is 5. The molecular weight excluding hydrogens is 362 g/mol. The third-order valence-corrected chi connectivity index (χ3v) is 4.33. The van der Waals surface area contributed by atoms with Gasteiger partial charge in [0.15, 0.2) is 0 Å². The molecule has 0 saturated carbocycles. The zero-order valence-corrected chi connectivity index (χ0v) is 15.6. The van der Waals surface area contributed by atoms with E-state index in [4.69, 9.17) is 9.47 Å². The number of rotatable bonds is 7. The number of nitrogens with zero attached hydrogens (tertiary/aromatic N) is 1. The molecule has 1 aliphatic heterocycles. The van der Waals surface area contributed by atoms with E-state index in [1.807, 2.05) is 30.3 Å². The van der Waals surface area contributed by atoms with Gasteiger partial charge in [0, 0.05) is 30.3 Å². The van der Waals surface area contributed by atoms with Gasteiger partial charge < -0.3 is 20.1 Å². The second-order valence-corrected chi connectivity index (χ2v) is 6.27. The largest absolute Gasteiger partial charge is 0.497 e. The number of ether oxygens (including phenoxy) is 2. The van der Waals surface area contributed by atoms with Crippen LogP contribution in [0.2, 0.25) is 0 Å². The number of amides is 4. The van der Waals surface area contributed by atoms with E-state index in [0.717, 1.165) is 10.5 Å². The van der Waals surface area contributed by atoms with E-state index in [0.29, 0.717) is 23.6 Å². The third kappa shape index (κ3) is 4.40. The molecule has 1 saturated heterocycles. The Morgan fingerprint density at radius 3 is 2.32 bits per heavy atom. The summed E-state index contributed by atoms with van der Waals surface area (Å²) in [4.78, 5) is 38.0. The van der Waals surface area contributed by atoms with Gasteiger partial charge in [-0.3, -0.25) is 14.5 Å². The summed E-state index contributed by atoms with van der Waals surface area (Å²) in [5, 5.41) is 5.28. The number of anilines is 1. The Morgan fingerprint density at radius 1 is 1.07 bits per heavy atom. The van der Waals surface area contributed by atoms with E-state index in [-0.39, 0.29) is 6.54 Å². The van der Waals surface area contributed by atoms with Crippen molar-refractivity contribution in [3.05, 3.63) is 54.1 Å². The Kier molecular flexibility index (Phi) is 5.78. The predicted molar refractivity (Wildman–Crippen MR) is 102 cm³/mol. The van der Waals surface area contributed by atoms with Crippen LogP contribution < -0.4 is 20.1 Å². The first-order chi connectivity index (χ1) is 13.5. The standard InChI is InChI=1S/C20H21N3O5/c1-27-15-9-14(10-16(11-15)28-2)21-18(24)12-23-19(25)17(22-20(23)26)8-13-6-4-3-5-7-13/h3-7,9-11,17H,8,12H2,1-2H3,(H,21,24)(H,22,26)/t17-/m1/s1. The number of urea groups is 1. The van der Waals surface area contributed by atoms with E-state index >= 15 is 0 Å². The molecule has 0 aromatic heterocycles. The second-order valence-electron chi connectivity index (χ2n) is 6.27. The summed E-state index contributed by atoms with van der Waals surface area (Å²) in [6.45, 7) is -0.379. The lowest BCUT2D eigenvalue weighted by Gasteiger charge is -2.14. The van der Waals surface area contributed by atoms with Gasteiger partial charge in [-0.05, 0) is 5.56 Å². The summed E-state index contributed by atoms with van der Waals surface area (Å²) in [5.74, 6) is 0.0894. The van der Waals surface area contributed by atoms with Crippen LogP contribution >= 0.6 is 0 Å². The molecular formula is C20H21N3O5. The number of methoxy groups -OCH3 is 2. The van der Waals surface area contributed by atoms with Gasteiger partial charge in [-0.2, -0.15) is 0 Å². The fourth-order valence-electron chi connectivity index (χ4n) is 2.94. The van der Waals surface area contributed by atoms with Gasteiger partial charge in [-0.15, -0.1) is 0 Å². The maximum absolute atomic E-state index is 12.5. The minimum absolute atomic E-state index is 0.372. The van der Waals surface area contributed by atoms with E-state index in [2.05, 4.69) is 10.6 Å². The van der Waals surface area contributed by atoms with E-state index in [1.54, 1.807) is 18.2 Å². The van der Waals surface area contributed by atoms with Crippen molar-refractivity contribution in [3.63, 3.8) is 0 Å². The van der Waals surface area contributed by atoms with Gasteiger partial charge in [0.05, 0.1) is 14.2 Å². The Balaban J connectivity index is 1.64. The maximum atomic E-state index is 12.5. The van der Waals surface area contributed by atoms with Gasteiger partial charge in [-0.25, -0.2) is 4.79 Å². The molecule has 4 amide bonds. The number of benzene rings is 2. The zero-order valence-electron chi connectivity index (χ0n) is 15.6. The molecule has 2 N–H and O–H groups in total. The highest BCUT2D eigenvalue weighted by atomic mass is 16.5. The minimum atomic E-state index is -0.681. The summed E-state index contributed by atoms with van der Waals surface area (Å²) in [6, 6.07) is 13.0. The third-order valence-electron chi connectivity index (χ3n) is 4.33. The van der Waals surface area contributed by atoms with Crippen molar-refractivity contribution in [2.24, 2.45) is 0 Å². The average Bonchev–Trinajstić information content (AvgIpc) is 2.95. The van der Waals surface area contributed by atoms with Crippen LogP contribution in [0.5, 0.6) is 11.5 Å². The summed E-state index contributed by atoms with van der Waals surface area (Å²) in [5.41, 5.74) is 1.37. The zero-order chi connectivity index (χ0) is 20.1. The van der Waals surface area contributed by atoms with Crippen molar-refractivity contribution in [1.29, 1.82) is 0 Å². The summed E-state index contributed by atoms with van der Waals surface area (Å²) < 4.78 is 10.3. The quantitative estimate of drug-likeness (QED) is 0.711. The summed E-state index contributed by atoms with van der Waals surface area (Å²) in [7, 11) is 3.00. The predicted octanol–water partition coefficient (Wildman–Crippen LogP) is 1.81. The number of hydrogen-bond donors (Lipinski definition) is 2. The van der Waals surface area contributed by atoms with Crippen molar-refractivity contribution in [1.82, 2.24) is 10.2 Å². The molecule has 0 bridgehead atoms. The first-order valence-electron chi connectivity index (χ1n) is 8.69. The fourth-order valence-corrected chi connectivity index (χ4v) is 2.94. The number of imide groups is 1. The SMILES string of the molecule is COc1cc(NC(=O)CN2C(=O)N[C@H](Cc3ccccc3)C2=O)cc(OC)c1. The van der Waals surface area contributed by atoms with Gasteiger partial charge in [-0.1, -0.05) is 30.3 Å². The topological polar surface area (TPSA) is 97.0 Å². The molecule has 2 aromatic carbocycles. The van der Waals surface area contributed by atoms with Gasteiger partial charge in [0.1, 0.15) is 24.1 Å². The van der Waals surface area contributed by atoms with Crippen LogP contribution in [-0.4, -0.2) is 49.6 Å². The highest BCUT2D eigenvalue weighted by molar-refractivity contribution is 6.08. The maximum Gasteiger partial charge on any atom is 0.325 e. The van der Waals surface area contributed by atoms with Crippen LogP contribution in [0.25, 0.3) is 0 Å². The molecule has 0 radical (unpaired) electrons. The minimum Gasteiger partial charge on any atom is -0.497 e. The molecule has 146 valence electrons. The molecule has 28 heavy (non-hydrogen) atoms. The van der Waals surface area contributed by atoms with Gasteiger partial charge in [0.2, 0.25) is 5.91 Å². The second kappa shape index (κ2) is 8.43. The van der Waals surface area contributed by atoms with Crippen molar-refractivity contribution in [2.75, 3.05) is 26.1 Å². The molecule has 1 heterocycles. The first-order valence-corrected chi connectivity index (χ1v) is 8.69. The van der Waals surface area contributed by atoms with Gasteiger partial charge in [0.25, 0.3) is 5.91 Å². The molecule has 8 heteroatoms. The normalized spacial score (nSPS) is 15.9. The summed E-state index contributed by atoms with van der Waals surface area (Å²) in [6.07, 6.45) is 0.372. The smallest absolute Gasteiger partial charge is 0.325 e. The Bertz CT molecular complexity index is 862. The van der Waals surface area contributed by atoms with E-state index in [1.165, 1.54) is 14.2 Å². The summed E-state index contributed by atoms with van der Waals surface area (Å²) >= 11 is 0. The lowest BCUT2D eigenvalue weighted by molar-refractivity contribution is -0.130. The lowest BCUT2D eigenvalue weighted by Crippen LogP contribution is -2.38. The van der Waals surface area contributed by atoms with Crippen LogP contribution in [-0.2, 0) is 16.0 Å². The highest BCUT2D eigenvalue weighted by Crippen LogP contribution is 2.25. The van der Waals surface area contributed by atoms with Crippen LogP contribution in [0.1, 0.15) is 5.56 Å². The van der Waals surface area contributed by atoms with Crippen LogP contribution in [0, 0.1) is 0 Å². The molecule has 0 spiro atoms. The van der Waals surface area contributed by atoms with E-state index < -0.39 is 23.9 Å². The molecule has 1 fully saturated rings. The monoisotopic (exact) mass is 383 g/mol. The highest BCUT2D eigenvalue weighted by Gasteiger charge is 2.38. The Labute approximate surface area is 162 Å². The molecule has 0 aliphatic carbocycles. The van der Waals surface area contributed by atoms with Crippen molar-refractivity contribution in [3.8, 4) is 11.5 Å². The average molecular weight is 383 g/mol. The lowest BCUT2D eigenvalue weighted by atomic mass is 10.1. The van der Waals surface area contributed by atoms with Crippen LogP contribution in [0.4, 0.5) is 10.5 Å². The molecule has 8 nitrogen and oxygen atoms in total. The molecule has 0 unspecified atom stereocenters. The first kappa shape index (κ1) is 19.2. The van der Waals surface area contributed by atoms with Crippen molar-refractivity contribution < 1.29 is 23.9 Å². The number of carbonyl (C=O) groups excluding carboxylic acids is 3. The molecule has 1 aliphatic rings. The molecule has 2 aromatic rings. The molecule has 1 atom stereocenters. The Hall–Kier alpha value is -3.55. The number of carbonyl (C=O) groups is 3. The van der Waals surface area contributed by atoms with Gasteiger partial charge >= 0.3 is 6.03 Å². The number of nitrogens with one attached hydrogen (secondary N) is 2. The van der Waals surface area contributed by atoms with Crippen molar-refractivity contribution in [2.45, 2.75) is 12.5 Å². The fraction of sp³-hybridized carbons (Fsp3) is 0.250. The van der Waals surface area contributed by atoms with Crippen LogP contribution in [0.15, 0.2) is 48.5 Å². The van der Waals surface area contributed by atoms with Crippen molar-refractivity contribution >= 4 is 23.5 Å². The molecule has 3 rings (SSSR count). The van der Waals surface area contributed by atoms with E-state index in [9.17, 15) is 14.4 Å². The van der Waals surface area contributed by atoms with Crippen LogP contribution in [0.3, 0.4) is 0 Å².